The van der Waals surface area contributed by atoms with Crippen molar-refractivity contribution in [2.75, 3.05) is 6.61 Å². The van der Waals surface area contributed by atoms with Gasteiger partial charge in [-0.05, 0) is 60.7 Å². The number of hydrogen-bond donors (Lipinski definition) is 2. The molecule has 1 fully saturated rings. The Morgan fingerprint density at radius 3 is 2.54 bits per heavy atom. The maximum absolute atomic E-state index is 15.5. The molecule has 2 heterocycles. The highest BCUT2D eigenvalue weighted by Gasteiger charge is 2.52. The number of alkyl halides is 2. The number of rotatable bonds is 9. The molecule has 0 amide bonds. The van der Waals surface area contributed by atoms with Crippen molar-refractivity contribution in [1.29, 1.82) is 0 Å². The fourth-order valence-electron chi connectivity index (χ4n) is 4.86. The maximum Gasteiger partial charge on any atom is 0.586 e. The van der Waals surface area contributed by atoms with E-state index in [0.29, 0.717) is 35.9 Å². The second kappa shape index (κ2) is 8.77. The lowest BCUT2D eigenvalue weighted by molar-refractivity contribution is -0.286. The second-order valence-corrected chi connectivity index (χ2v) is 10.4. The number of benzene rings is 2. The Morgan fingerprint density at radius 2 is 1.89 bits per heavy atom. The number of carbonyl (C=O) groups excluding carboxylic acids is 1. The molecule has 3 aromatic rings. The molecule has 0 saturated heterocycles. The quantitative estimate of drug-likeness (QED) is 0.417. The smallest absolute Gasteiger partial charge is 0.395 e. The van der Waals surface area contributed by atoms with Gasteiger partial charge in [-0.15, -0.1) is 8.78 Å². The molecule has 2 aromatic carbocycles. The monoisotopic (exact) mass is 519 g/mol. The first-order chi connectivity index (χ1) is 18.1. The van der Waals surface area contributed by atoms with E-state index in [1.165, 1.54) is 22.8 Å². The predicted molar refractivity (Wildman–Crippen MR) is 131 cm³/mol. The first-order valence-corrected chi connectivity index (χ1v) is 12.2. The summed E-state index contributed by atoms with van der Waals surface area (Å²) in [5.74, 6) is -1.27. The number of ketones is 1. The zero-order valence-corrected chi connectivity index (χ0v) is 20.8. The Kier molecular flexibility index (Phi) is 5.48. The molecule has 0 bridgehead atoms. The molecule has 0 spiro atoms. The molecule has 1 aliphatic carbocycles. The minimum Gasteiger partial charge on any atom is -0.395 e. The van der Waals surface area contributed by atoms with E-state index in [4.69, 9.17) is 2.74 Å². The van der Waals surface area contributed by atoms with Gasteiger partial charge in [-0.2, -0.15) is 0 Å². The number of aliphatic hydroxyl groups is 2. The van der Waals surface area contributed by atoms with Gasteiger partial charge in [-0.25, -0.2) is 4.39 Å². The van der Waals surface area contributed by atoms with E-state index < -0.39 is 42.1 Å². The molecular weight excluding hydrogens is 487 g/mol. The number of Topliss-reactive ketones (excluding diaryl/α,β-unsaturated/α-hetero) is 1. The molecule has 0 radical (unpaired) electrons. The zero-order valence-electron chi connectivity index (χ0n) is 22.8. The third kappa shape index (κ3) is 4.48. The van der Waals surface area contributed by atoms with E-state index in [0.717, 1.165) is 6.07 Å². The summed E-state index contributed by atoms with van der Waals surface area (Å²) in [5, 5.41) is 20.2. The summed E-state index contributed by atoms with van der Waals surface area (Å²) in [5.41, 5.74) is -0.179. The summed E-state index contributed by atoms with van der Waals surface area (Å²) in [7, 11) is 0. The van der Waals surface area contributed by atoms with Crippen molar-refractivity contribution in [2.45, 2.75) is 76.2 Å². The summed E-state index contributed by atoms with van der Waals surface area (Å²) < 4.78 is 69.7. The van der Waals surface area contributed by atoms with Crippen LogP contribution in [0, 0.1) is 5.82 Å². The molecule has 1 atom stereocenters. The van der Waals surface area contributed by atoms with Crippen molar-refractivity contribution in [1.82, 2.24) is 4.57 Å². The normalized spacial score (nSPS) is 19.5. The highest BCUT2D eigenvalue weighted by atomic mass is 19.3. The molecule has 2 N–H and O–H groups in total. The van der Waals surface area contributed by atoms with Gasteiger partial charge < -0.3 is 24.3 Å². The summed E-state index contributed by atoms with van der Waals surface area (Å²) in [6.45, 7) is 2.47. The molecule has 9 heteroatoms. The summed E-state index contributed by atoms with van der Waals surface area (Å²) in [6.07, 6.45) is -4.19. The molecule has 1 aliphatic heterocycles. The van der Waals surface area contributed by atoms with Crippen molar-refractivity contribution in [3.05, 3.63) is 59.0 Å². The minimum atomic E-state index is -3.77. The number of hydrogen-bond acceptors (Lipinski definition) is 5. The molecule has 2 aliphatic rings. The minimum absolute atomic E-state index is 0.118. The Labute approximate surface area is 215 Å². The predicted octanol–water partition coefficient (Wildman–Crippen LogP) is 4.99. The maximum atomic E-state index is 15.5. The van der Waals surface area contributed by atoms with E-state index >= 15 is 4.39 Å². The van der Waals surface area contributed by atoms with Gasteiger partial charge >= 0.3 is 6.29 Å². The van der Waals surface area contributed by atoms with Gasteiger partial charge in [0.2, 0.25) is 0 Å². The average Bonchev–Trinajstić information content (AvgIpc) is 3.50. The van der Waals surface area contributed by atoms with Crippen molar-refractivity contribution in [3.8, 4) is 11.5 Å². The molecule has 0 unspecified atom stereocenters. The Bertz CT molecular complexity index is 1470. The van der Waals surface area contributed by atoms with Crippen LogP contribution in [-0.4, -0.2) is 39.6 Å². The summed E-state index contributed by atoms with van der Waals surface area (Å²) >= 11 is 0. The fraction of sp³-hybridized carbons (Fsp3) is 0.464. The molecule has 5 rings (SSSR count). The molecule has 37 heavy (non-hydrogen) atoms. The average molecular weight is 520 g/mol. The Balaban J connectivity index is 1.51. The van der Waals surface area contributed by atoms with Gasteiger partial charge in [0.05, 0.1) is 32.9 Å². The van der Waals surface area contributed by atoms with E-state index in [9.17, 15) is 23.8 Å². The van der Waals surface area contributed by atoms with Crippen LogP contribution in [0.4, 0.5) is 13.2 Å². The first-order valence-electron chi connectivity index (χ1n) is 13.2. The van der Waals surface area contributed by atoms with Crippen LogP contribution in [0.2, 0.25) is 0 Å². The van der Waals surface area contributed by atoms with E-state index in [-0.39, 0.29) is 34.8 Å². The van der Waals surface area contributed by atoms with Crippen LogP contribution in [0.15, 0.2) is 36.4 Å². The first kappa shape index (κ1) is 23.1. The third-order valence-corrected chi connectivity index (χ3v) is 7.59. The van der Waals surface area contributed by atoms with Gasteiger partial charge in [0.1, 0.15) is 11.6 Å². The third-order valence-electron chi connectivity index (χ3n) is 7.59. The number of halogens is 3. The summed E-state index contributed by atoms with van der Waals surface area (Å²) in [6, 6.07) is 8.62. The van der Waals surface area contributed by atoms with Crippen LogP contribution in [0.3, 0.4) is 0 Å². The molecule has 1 saturated carbocycles. The van der Waals surface area contributed by atoms with E-state index in [2.05, 4.69) is 9.47 Å². The van der Waals surface area contributed by atoms with Gasteiger partial charge in [-0.3, -0.25) is 4.79 Å². The van der Waals surface area contributed by atoms with Crippen LogP contribution < -0.4 is 9.47 Å². The number of aliphatic hydroxyl groups excluding tert-OH is 2. The van der Waals surface area contributed by atoms with Gasteiger partial charge in [0, 0.05) is 22.9 Å². The zero-order chi connectivity index (χ0) is 28.5. The highest BCUT2D eigenvalue weighted by Crippen LogP contribution is 2.52. The van der Waals surface area contributed by atoms with E-state index in [1.54, 1.807) is 12.1 Å². The van der Waals surface area contributed by atoms with Crippen LogP contribution in [0.25, 0.3) is 10.9 Å². The van der Waals surface area contributed by atoms with Gasteiger partial charge in [0.25, 0.3) is 0 Å². The van der Waals surface area contributed by atoms with Crippen LogP contribution in [-0.2, 0) is 28.5 Å². The molecule has 1 aromatic heterocycles. The summed E-state index contributed by atoms with van der Waals surface area (Å²) in [4.78, 5) is 13.5. The standard InChI is InChI=1S/C28H30F3NO5/c1-4-26(2,3)24-10-17-9-16(20(29)13-21(17)32(24)14-19(34)15-33)11-25(35)27(7-8-27)18-5-6-22-23(12-18)37-28(30,31)36-22/h5-6,9-10,12-13,19,33-34H,4,7-8,11,14-15H2,1-3H3/t19-/m1/s1/i14D2. The van der Waals surface area contributed by atoms with Crippen LogP contribution in [0.5, 0.6) is 11.5 Å². The number of aromatic nitrogens is 1. The van der Waals surface area contributed by atoms with Crippen LogP contribution in [0.1, 0.15) is 59.6 Å². The van der Waals surface area contributed by atoms with Crippen molar-refractivity contribution in [2.24, 2.45) is 0 Å². The lowest BCUT2D eigenvalue weighted by Gasteiger charge is -2.26. The van der Waals surface area contributed by atoms with Gasteiger partial charge in [-0.1, -0.05) is 26.8 Å². The number of ether oxygens (including phenoxy) is 2. The van der Waals surface area contributed by atoms with Gasteiger partial charge in [0.15, 0.2) is 11.5 Å². The lowest BCUT2D eigenvalue weighted by atomic mass is 9.86. The largest absolute Gasteiger partial charge is 0.586 e. The Hall–Kier alpha value is -3.04. The Morgan fingerprint density at radius 1 is 1.19 bits per heavy atom. The SMILES string of the molecule is [2H]C([2H])([C@@H](O)CO)n1c(C(C)(C)CC)cc2cc(CC(=O)C3(c4ccc5c(c4)OC(F)(F)O5)CC3)c(F)cc21. The molecular formula is C28H30F3NO5. The van der Waals surface area contributed by atoms with Crippen LogP contribution >= 0.6 is 0 Å². The van der Waals surface area contributed by atoms with E-state index in [1.807, 2.05) is 20.8 Å². The van der Waals surface area contributed by atoms with Crippen molar-refractivity contribution in [3.63, 3.8) is 0 Å². The topological polar surface area (TPSA) is 80.9 Å². The number of carbonyl (C=O) groups is 1. The fourth-order valence-corrected chi connectivity index (χ4v) is 4.86. The van der Waals surface area contributed by atoms with Crippen molar-refractivity contribution >= 4 is 16.7 Å². The second-order valence-electron chi connectivity index (χ2n) is 10.4. The number of nitrogens with zero attached hydrogens (tertiary/aromatic N) is 1. The lowest BCUT2D eigenvalue weighted by Crippen LogP contribution is -2.26. The molecule has 6 nitrogen and oxygen atoms in total. The highest BCUT2D eigenvalue weighted by molar-refractivity contribution is 5.95. The number of fused-ring (bicyclic) bond motifs is 2. The van der Waals surface area contributed by atoms with Crippen molar-refractivity contribution < 1.29 is 40.4 Å². The molecule has 198 valence electrons.